The first-order valence-corrected chi connectivity index (χ1v) is 5.99. The molecular weight excluding hydrogens is 224 g/mol. The van der Waals surface area contributed by atoms with E-state index < -0.39 is 11.6 Å². The maximum Gasteiger partial charge on any atom is 0.129 e. The Morgan fingerprint density at radius 3 is 2.35 bits per heavy atom. The Labute approximate surface area is 99.8 Å². The number of rotatable bonds is 4. The number of hydrogen-bond acceptors (Lipinski definition) is 2. The van der Waals surface area contributed by atoms with Gasteiger partial charge in [0.1, 0.15) is 24.0 Å². The molecule has 94 valence electrons. The van der Waals surface area contributed by atoms with E-state index in [9.17, 15) is 8.78 Å². The van der Waals surface area contributed by atoms with Crippen LogP contribution in [-0.4, -0.2) is 12.6 Å². The van der Waals surface area contributed by atoms with Crippen molar-refractivity contribution in [3.63, 3.8) is 0 Å². The highest BCUT2D eigenvalue weighted by Crippen LogP contribution is 2.27. The molecule has 0 spiro atoms. The van der Waals surface area contributed by atoms with Gasteiger partial charge in [-0.15, -0.1) is 0 Å². The second kappa shape index (κ2) is 5.45. The van der Waals surface area contributed by atoms with Gasteiger partial charge < -0.3 is 10.5 Å². The molecule has 0 saturated heterocycles. The van der Waals surface area contributed by atoms with Gasteiger partial charge in [0, 0.05) is 24.2 Å². The summed E-state index contributed by atoms with van der Waals surface area (Å²) < 4.78 is 31.1. The van der Waals surface area contributed by atoms with Crippen LogP contribution in [0.25, 0.3) is 0 Å². The minimum Gasteiger partial charge on any atom is -0.492 e. The van der Waals surface area contributed by atoms with Crippen LogP contribution in [0, 0.1) is 17.6 Å². The SMILES string of the molecule is NC(COc1cc(F)cc(F)c1)C1CCCC1. The molecule has 0 bridgehead atoms. The second-order valence-electron chi connectivity index (χ2n) is 4.62. The molecule has 1 saturated carbocycles. The lowest BCUT2D eigenvalue weighted by Crippen LogP contribution is -2.34. The Morgan fingerprint density at radius 1 is 1.18 bits per heavy atom. The van der Waals surface area contributed by atoms with Crippen LogP contribution in [0.1, 0.15) is 25.7 Å². The average molecular weight is 241 g/mol. The van der Waals surface area contributed by atoms with Crippen LogP contribution in [-0.2, 0) is 0 Å². The van der Waals surface area contributed by atoms with Crippen molar-refractivity contribution >= 4 is 0 Å². The van der Waals surface area contributed by atoms with E-state index in [2.05, 4.69) is 0 Å². The first-order valence-electron chi connectivity index (χ1n) is 5.99. The summed E-state index contributed by atoms with van der Waals surface area (Å²) in [5.41, 5.74) is 5.99. The molecule has 0 amide bonds. The van der Waals surface area contributed by atoms with Crippen LogP contribution in [0.15, 0.2) is 18.2 Å². The van der Waals surface area contributed by atoms with E-state index in [0.717, 1.165) is 18.9 Å². The van der Waals surface area contributed by atoms with Gasteiger partial charge in [-0.2, -0.15) is 0 Å². The van der Waals surface area contributed by atoms with Crippen LogP contribution in [0.2, 0.25) is 0 Å². The third-order valence-electron chi connectivity index (χ3n) is 3.28. The van der Waals surface area contributed by atoms with Crippen molar-refractivity contribution in [2.75, 3.05) is 6.61 Å². The fraction of sp³-hybridized carbons (Fsp3) is 0.538. The van der Waals surface area contributed by atoms with Crippen LogP contribution in [0.3, 0.4) is 0 Å². The van der Waals surface area contributed by atoms with Gasteiger partial charge in [-0.1, -0.05) is 12.8 Å². The summed E-state index contributed by atoms with van der Waals surface area (Å²) in [6.07, 6.45) is 4.68. The van der Waals surface area contributed by atoms with Gasteiger partial charge in [0.2, 0.25) is 0 Å². The van der Waals surface area contributed by atoms with Gasteiger partial charge in [0.05, 0.1) is 0 Å². The van der Waals surface area contributed by atoms with E-state index in [-0.39, 0.29) is 11.8 Å². The first kappa shape index (κ1) is 12.3. The molecule has 1 unspecified atom stereocenters. The van der Waals surface area contributed by atoms with Crippen LogP contribution in [0.5, 0.6) is 5.75 Å². The highest BCUT2D eigenvalue weighted by molar-refractivity contribution is 5.23. The third kappa shape index (κ3) is 3.40. The molecule has 0 radical (unpaired) electrons. The quantitative estimate of drug-likeness (QED) is 0.879. The van der Waals surface area contributed by atoms with Crippen molar-refractivity contribution in [1.82, 2.24) is 0 Å². The van der Waals surface area contributed by atoms with E-state index in [1.165, 1.54) is 25.0 Å². The van der Waals surface area contributed by atoms with E-state index >= 15 is 0 Å². The van der Waals surface area contributed by atoms with Gasteiger partial charge in [-0.3, -0.25) is 0 Å². The van der Waals surface area contributed by atoms with E-state index in [1.807, 2.05) is 0 Å². The summed E-state index contributed by atoms with van der Waals surface area (Å²) in [4.78, 5) is 0. The molecule has 1 aliphatic rings. The predicted molar refractivity (Wildman–Crippen MR) is 61.8 cm³/mol. The van der Waals surface area contributed by atoms with Gasteiger partial charge >= 0.3 is 0 Å². The summed E-state index contributed by atoms with van der Waals surface area (Å²) in [7, 11) is 0. The predicted octanol–water partition coefficient (Wildman–Crippen LogP) is 2.86. The van der Waals surface area contributed by atoms with Crippen LogP contribution < -0.4 is 10.5 Å². The fourth-order valence-electron chi connectivity index (χ4n) is 2.33. The van der Waals surface area contributed by atoms with Crippen molar-refractivity contribution in [3.8, 4) is 5.75 Å². The normalized spacial score (nSPS) is 18.3. The highest BCUT2D eigenvalue weighted by Gasteiger charge is 2.22. The molecule has 4 heteroatoms. The van der Waals surface area contributed by atoms with E-state index in [1.54, 1.807) is 0 Å². The highest BCUT2D eigenvalue weighted by atomic mass is 19.1. The summed E-state index contributed by atoms with van der Waals surface area (Å²) >= 11 is 0. The molecule has 2 nitrogen and oxygen atoms in total. The molecule has 1 atom stereocenters. The van der Waals surface area contributed by atoms with Gasteiger partial charge in [0.25, 0.3) is 0 Å². The number of ether oxygens (including phenoxy) is 1. The molecule has 1 aromatic rings. The molecular formula is C13H17F2NO. The monoisotopic (exact) mass is 241 g/mol. The number of benzene rings is 1. The molecule has 1 aromatic carbocycles. The number of nitrogens with two attached hydrogens (primary N) is 1. The molecule has 0 aliphatic heterocycles. The van der Waals surface area contributed by atoms with Crippen LogP contribution in [0.4, 0.5) is 8.78 Å². The van der Waals surface area contributed by atoms with Crippen molar-refractivity contribution < 1.29 is 13.5 Å². The summed E-state index contributed by atoms with van der Waals surface area (Å²) in [5.74, 6) is -0.576. The summed E-state index contributed by atoms with van der Waals surface area (Å²) in [6, 6.07) is 3.11. The first-order chi connectivity index (χ1) is 8.15. The number of halogens is 2. The second-order valence-corrected chi connectivity index (χ2v) is 4.62. The minimum atomic E-state index is -0.630. The van der Waals surface area contributed by atoms with Crippen LogP contribution >= 0.6 is 0 Å². The minimum absolute atomic E-state index is 0.0520. The Balaban J connectivity index is 1.88. The molecule has 1 aliphatic carbocycles. The summed E-state index contributed by atoms with van der Waals surface area (Å²) in [6.45, 7) is 0.313. The lowest BCUT2D eigenvalue weighted by molar-refractivity contribution is 0.245. The van der Waals surface area contributed by atoms with Crippen molar-refractivity contribution in [3.05, 3.63) is 29.8 Å². The largest absolute Gasteiger partial charge is 0.492 e. The molecule has 1 fully saturated rings. The average Bonchev–Trinajstić information content (AvgIpc) is 2.78. The van der Waals surface area contributed by atoms with Crippen molar-refractivity contribution in [2.24, 2.45) is 11.7 Å². The zero-order valence-electron chi connectivity index (χ0n) is 9.66. The molecule has 0 aromatic heterocycles. The lowest BCUT2D eigenvalue weighted by atomic mass is 10.00. The zero-order valence-corrected chi connectivity index (χ0v) is 9.66. The summed E-state index contributed by atoms with van der Waals surface area (Å²) in [5, 5.41) is 0. The van der Waals surface area contributed by atoms with Crippen molar-refractivity contribution in [1.29, 1.82) is 0 Å². The topological polar surface area (TPSA) is 35.2 Å². The standard InChI is InChI=1S/C13H17F2NO/c14-10-5-11(15)7-12(6-10)17-8-13(16)9-3-1-2-4-9/h5-7,9,13H,1-4,8,16H2. The van der Waals surface area contributed by atoms with Crippen molar-refractivity contribution in [2.45, 2.75) is 31.7 Å². The number of hydrogen-bond donors (Lipinski definition) is 1. The molecule has 17 heavy (non-hydrogen) atoms. The van der Waals surface area contributed by atoms with Gasteiger partial charge in [0.15, 0.2) is 0 Å². The lowest BCUT2D eigenvalue weighted by Gasteiger charge is -2.19. The van der Waals surface area contributed by atoms with Gasteiger partial charge in [-0.05, 0) is 18.8 Å². The Kier molecular flexibility index (Phi) is 3.94. The Morgan fingerprint density at radius 2 is 1.76 bits per heavy atom. The maximum atomic E-state index is 12.9. The van der Waals surface area contributed by atoms with Gasteiger partial charge in [-0.25, -0.2) is 8.78 Å². The fourth-order valence-corrected chi connectivity index (χ4v) is 2.33. The van der Waals surface area contributed by atoms with E-state index in [4.69, 9.17) is 10.5 Å². The molecule has 0 heterocycles. The molecule has 2 N–H and O–H groups in total. The third-order valence-corrected chi connectivity index (χ3v) is 3.28. The van der Waals surface area contributed by atoms with E-state index in [0.29, 0.717) is 12.5 Å². The smallest absolute Gasteiger partial charge is 0.129 e. The zero-order chi connectivity index (χ0) is 12.3. The maximum absolute atomic E-state index is 12.9. The Hall–Kier alpha value is -1.16. The molecule has 2 rings (SSSR count). The Bertz CT molecular complexity index is 357.